The second-order valence-corrected chi connectivity index (χ2v) is 8.42. The lowest BCUT2D eigenvalue weighted by molar-refractivity contribution is -0.126. The highest BCUT2D eigenvalue weighted by Gasteiger charge is 2.35. The van der Waals surface area contributed by atoms with Crippen molar-refractivity contribution < 1.29 is 19.2 Å². The first-order chi connectivity index (χ1) is 12.0. The first-order valence-corrected chi connectivity index (χ1v) is 9.31. The number of rotatable bonds is 7. The van der Waals surface area contributed by atoms with Crippen LogP contribution in [0.25, 0.3) is 0 Å². The van der Waals surface area contributed by atoms with E-state index in [1.807, 2.05) is 34.7 Å². The molecule has 0 saturated carbocycles. The summed E-state index contributed by atoms with van der Waals surface area (Å²) in [5.74, 6) is 0.695. The molecule has 7 nitrogen and oxygen atoms in total. The summed E-state index contributed by atoms with van der Waals surface area (Å²) in [4.78, 5) is 14.9. The molecule has 2 rings (SSSR count). The molecular weight excluding hydrogens is 346 g/mol. The average molecular weight is 384 g/mol. The number of hydrogen-bond acceptors (Lipinski definition) is 6. The third-order valence-electron chi connectivity index (χ3n) is 5.83. The topological polar surface area (TPSA) is 87.8 Å². The number of anilines is 1. The van der Waals surface area contributed by atoms with Crippen LogP contribution in [0, 0.1) is 5.92 Å². The molecule has 1 saturated heterocycles. The molecule has 156 valence electrons. The van der Waals surface area contributed by atoms with Crippen LogP contribution in [-0.2, 0) is 14.9 Å². The quantitative estimate of drug-likeness (QED) is 0.752. The summed E-state index contributed by atoms with van der Waals surface area (Å²) in [5.41, 5.74) is -0.636. The number of amides is 1. The summed E-state index contributed by atoms with van der Waals surface area (Å²) in [6.45, 7) is 11.7. The van der Waals surface area contributed by atoms with Gasteiger partial charge in [0.1, 0.15) is 0 Å². The highest BCUT2D eigenvalue weighted by atomic mass is 16.5. The number of likely N-dealkylation sites (N-methyl/N-ethyl adjacent to an activating group) is 1. The predicted molar refractivity (Wildman–Crippen MR) is 107 cm³/mol. The van der Waals surface area contributed by atoms with Crippen molar-refractivity contribution in [1.82, 2.24) is 10.1 Å². The lowest BCUT2D eigenvalue weighted by atomic mass is 9.84. The molecular formula is C20H37N3O4. The van der Waals surface area contributed by atoms with Crippen LogP contribution in [0.2, 0.25) is 0 Å². The maximum atomic E-state index is 12.8. The summed E-state index contributed by atoms with van der Waals surface area (Å²) in [5, 5.41) is 16.7. The van der Waals surface area contributed by atoms with E-state index < -0.39 is 17.1 Å². The van der Waals surface area contributed by atoms with Gasteiger partial charge in [0.25, 0.3) is 0 Å². The van der Waals surface area contributed by atoms with Crippen LogP contribution in [0.5, 0.6) is 0 Å². The molecule has 1 aliphatic rings. The fraction of sp³-hybridized carbons (Fsp3) is 0.800. The molecule has 1 fully saturated rings. The Kier molecular flexibility index (Phi) is 8.01. The molecule has 1 atom stereocenters. The molecule has 1 aromatic heterocycles. The maximum Gasteiger partial charge on any atom is 0.246 e. The van der Waals surface area contributed by atoms with E-state index >= 15 is 0 Å². The van der Waals surface area contributed by atoms with E-state index in [2.05, 4.69) is 15.4 Å². The average Bonchev–Trinajstić information content (AvgIpc) is 3.04. The minimum absolute atomic E-state index is 0. The molecule has 2 N–H and O–H groups in total. The highest BCUT2D eigenvalue weighted by Crippen LogP contribution is 2.29. The van der Waals surface area contributed by atoms with Gasteiger partial charge in [0.05, 0.1) is 17.3 Å². The number of nitrogens with one attached hydrogen (secondary N) is 1. The van der Waals surface area contributed by atoms with Crippen LogP contribution in [-0.4, -0.2) is 59.5 Å². The van der Waals surface area contributed by atoms with Gasteiger partial charge >= 0.3 is 0 Å². The van der Waals surface area contributed by atoms with Gasteiger partial charge in [0, 0.05) is 31.2 Å². The molecule has 0 bridgehead atoms. The van der Waals surface area contributed by atoms with Gasteiger partial charge in [-0.25, -0.2) is 0 Å². The second kappa shape index (κ2) is 9.17. The third kappa shape index (κ3) is 5.53. The first kappa shape index (κ1) is 23.6. The van der Waals surface area contributed by atoms with Crippen molar-refractivity contribution in [3.05, 3.63) is 11.8 Å². The van der Waals surface area contributed by atoms with Crippen LogP contribution in [0.4, 0.5) is 5.88 Å². The summed E-state index contributed by atoms with van der Waals surface area (Å²) >= 11 is 0. The molecule has 2 heterocycles. The van der Waals surface area contributed by atoms with Gasteiger partial charge in [-0.2, -0.15) is 0 Å². The largest absolute Gasteiger partial charge is 0.392 e. The van der Waals surface area contributed by atoms with E-state index in [0.29, 0.717) is 17.5 Å². The summed E-state index contributed by atoms with van der Waals surface area (Å²) in [6, 6.07) is 1.68. The molecule has 1 amide bonds. The monoisotopic (exact) mass is 383 g/mol. The van der Waals surface area contributed by atoms with Gasteiger partial charge in [-0.05, 0) is 46.6 Å². The van der Waals surface area contributed by atoms with E-state index in [0.717, 1.165) is 32.6 Å². The summed E-state index contributed by atoms with van der Waals surface area (Å²) in [7, 11) is 1.97. The Labute approximate surface area is 163 Å². The molecule has 0 spiro atoms. The normalized spacial score (nSPS) is 17.5. The van der Waals surface area contributed by atoms with Gasteiger partial charge in [0.15, 0.2) is 0 Å². The van der Waals surface area contributed by atoms with E-state index in [1.54, 1.807) is 13.0 Å². The molecule has 7 heteroatoms. The number of ether oxygens (including phenoxy) is 1. The fourth-order valence-corrected chi connectivity index (χ4v) is 2.83. The van der Waals surface area contributed by atoms with Crippen LogP contribution in [0.15, 0.2) is 10.6 Å². The van der Waals surface area contributed by atoms with Crippen molar-refractivity contribution in [2.24, 2.45) is 5.92 Å². The summed E-state index contributed by atoms with van der Waals surface area (Å²) in [6.07, 6.45) is 1.47. The Morgan fingerprint density at radius 2 is 1.96 bits per heavy atom. The number of carbonyl (C=O) groups is 1. The van der Waals surface area contributed by atoms with E-state index in [9.17, 15) is 9.90 Å². The van der Waals surface area contributed by atoms with Crippen molar-refractivity contribution in [3.8, 4) is 0 Å². The number of hydrogen-bond donors (Lipinski definition) is 2. The van der Waals surface area contributed by atoms with Gasteiger partial charge in [-0.1, -0.05) is 26.4 Å². The lowest BCUT2D eigenvalue weighted by Crippen LogP contribution is -2.52. The van der Waals surface area contributed by atoms with Gasteiger partial charge in [0.2, 0.25) is 11.8 Å². The van der Waals surface area contributed by atoms with Crippen LogP contribution >= 0.6 is 0 Å². The molecule has 1 aromatic rings. The minimum Gasteiger partial charge on any atom is -0.392 e. The van der Waals surface area contributed by atoms with Crippen molar-refractivity contribution in [2.75, 3.05) is 32.1 Å². The molecule has 0 aromatic carbocycles. The van der Waals surface area contributed by atoms with Gasteiger partial charge < -0.3 is 14.4 Å². The Morgan fingerprint density at radius 1 is 1.37 bits per heavy atom. The van der Waals surface area contributed by atoms with Crippen molar-refractivity contribution >= 4 is 11.8 Å². The molecule has 0 aliphatic carbocycles. The lowest BCUT2D eigenvalue weighted by Gasteiger charge is -2.37. The predicted octanol–water partition coefficient (Wildman–Crippen LogP) is 3.04. The molecule has 27 heavy (non-hydrogen) atoms. The number of aliphatic hydroxyl groups is 1. The van der Waals surface area contributed by atoms with E-state index in [4.69, 9.17) is 9.26 Å². The zero-order valence-corrected chi connectivity index (χ0v) is 16.8. The zero-order valence-electron chi connectivity index (χ0n) is 16.8. The Hall–Kier alpha value is -1.44. The Bertz CT molecular complexity index is 604. The van der Waals surface area contributed by atoms with Crippen molar-refractivity contribution in [3.63, 3.8) is 0 Å². The van der Waals surface area contributed by atoms with E-state index in [-0.39, 0.29) is 13.3 Å². The van der Waals surface area contributed by atoms with Crippen LogP contribution in [0.3, 0.4) is 0 Å². The molecule has 0 unspecified atom stereocenters. The molecule has 1 aliphatic heterocycles. The van der Waals surface area contributed by atoms with Gasteiger partial charge in [-0.3, -0.25) is 15.0 Å². The zero-order chi connectivity index (χ0) is 19.5. The SMILES string of the molecule is C.C[C@H](O)C(C)(C)c1cc(NC(=O)C(C)(C)N(C)CC2CCOCC2)on1. The Morgan fingerprint density at radius 3 is 2.52 bits per heavy atom. The second-order valence-electron chi connectivity index (χ2n) is 8.42. The number of nitrogens with zero attached hydrogens (tertiary/aromatic N) is 2. The highest BCUT2D eigenvalue weighted by molar-refractivity contribution is 5.96. The van der Waals surface area contributed by atoms with Crippen molar-refractivity contribution in [2.45, 2.75) is 71.9 Å². The number of carbonyl (C=O) groups excluding carboxylic acids is 1. The van der Waals surface area contributed by atoms with Crippen molar-refractivity contribution in [1.29, 1.82) is 0 Å². The maximum absolute atomic E-state index is 12.8. The number of aliphatic hydroxyl groups excluding tert-OH is 1. The van der Waals surface area contributed by atoms with Crippen LogP contribution < -0.4 is 5.32 Å². The van der Waals surface area contributed by atoms with Crippen LogP contribution in [0.1, 0.15) is 60.6 Å². The first-order valence-electron chi connectivity index (χ1n) is 9.31. The molecule has 0 radical (unpaired) electrons. The number of aromatic nitrogens is 1. The Balaban J connectivity index is 0.00000364. The minimum atomic E-state index is -0.689. The third-order valence-corrected chi connectivity index (χ3v) is 5.83. The summed E-state index contributed by atoms with van der Waals surface area (Å²) < 4.78 is 10.7. The fourth-order valence-electron chi connectivity index (χ4n) is 2.83. The van der Waals surface area contributed by atoms with Gasteiger partial charge in [-0.15, -0.1) is 0 Å². The standard InChI is InChI=1S/C19H33N3O4.CH4/c1-13(23)18(2,3)15-11-16(26-21-15)20-17(24)19(4,5)22(6)12-14-7-9-25-10-8-14;/h11,13-14,23H,7-10,12H2,1-6H3,(H,20,24);1H4/t13-;/m0./s1. The smallest absolute Gasteiger partial charge is 0.246 e. The van der Waals surface area contributed by atoms with E-state index in [1.165, 1.54) is 0 Å².